The van der Waals surface area contributed by atoms with E-state index >= 15 is 0 Å². The molecule has 3 N–H and O–H groups in total. The van der Waals surface area contributed by atoms with Crippen LogP contribution in [0.25, 0.3) is 0 Å². The van der Waals surface area contributed by atoms with E-state index in [1.54, 1.807) is 0 Å². The van der Waals surface area contributed by atoms with Crippen molar-refractivity contribution in [1.29, 1.82) is 0 Å². The molecule has 0 aliphatic carbocycles. The molecule has 0 saturated carbocycles. The lowest BCUT2D eigenvalue weighted by Gasteiger charge is -2.18. The molecule has 0 aliphatic rings. The number of anilines is 1. The second-order valence-corrected chi connectivity index (χ2v) is 5.97. The van der Waals surface area contributed by atoms with Crippen LogP contribution in [0.5, 0.6) is 0 Å². The van der Waals surface area contributed by atoms with Crippen LogP contribution in [0.15, 0.2) is 48.5 Å². The standard InChI is InChI=1S/C20H27N3O.2ClH/c1-3-23(4-2)15-18-7-5-17(6-8-18)14-22-20(24)13-16-9-11-19(21)12-10-16;;/h5-12H,3-4,13-15,21H2,1-2H3,(H,22,24);2*1H. The van der Waals surface area contributed by atoms with Crippen molar-refractivity contribution in [2.45, 2.75) is 33.4 Å². The number of nitrogens with one attached hydrogen (secondary N) is 1. The Kier molecular flexibility index (Phi) is 11.7. The summed E-state index contributed by atoms with van der Waals surface area (Å²) >= 11 is 0. The Hall–Kier alpha value is -1.75. The molecule has 2 aromatic rings. The number of benzene rings is 2. The van der Waals surface area contributed by atoms with Gasteiger partial charge in [0.25, 0.3) is 0 Å². The summed E-state index contributed by atoms with van der Waals surface area (Å²) in [6.07, 6.45) is 0.375. The molecule has 0 fully saturated rings. The molecule has 2 aromatic carbocycles. The molecule has 26 heavy (non-hydrogen) atoms. The molecule has 0 radical (unpaired) electrons. The Morgan fingerprint density at radius 1 is 0.885 bits per heavy atom. The van der Waals surface area contributed by atoms with Crippen LogP contribution in [0.1, 0.15) is 30.5 Å². The number of nitrogen functional groups attached to an aromatic ring is 1. The van der Waals surface area contributed by atoms with Crippen LogP contribution in [-0.4, -0.2) is 23.9 Å². The lowest BCUT2D eigenvalue weighted by molar-refractivity contribution is -0.120. The maximum atomic E-state index is 12.0. The van der Waals surface area contributed by atoms with E-state index < -0.39 is 0 Å². The number of nitrogens with two attached hydrogens (primary N) is 1. The average molecular weight is 398 g/mol. The Bertz CT molecular complexity index is 641. The zero-order valence-electron chi connectivity index (χ0n) is 15.4. The second-order valence-electron chi connectivity index (χ2n) is 5.97. The number of carbonyl (C=O) groups is 1. The fourth-order valence-corrected chi connectivity index (χ4v) is 2.55. The highest BCUT2D eigenvalue weighted by molar-refractivity contribution is 5.85. The number of hydrogen-bond acceptors (Lipinski definition) is 3. The summed E-state index contributed by atoms with van der Waals surface area (Å²) in [5, 5.41) is 2.96. The molecule has 1 amide bonds. The van der Waals surface area contributed by atoms with E-state index in [-0.39, 0.29) is 30.7 Å². The van der Waals surface area contributed by atoms with Gasteiger partial charge in [0, 0.05) is 18.8 Å². The summed E-state index contributed by atoms with van der Waals surface area (Å²) in [6.45, 7) is 7.98. The van der Waals surface area contributed by atoms with Crippen molar-refractivity contribution in [3.8, 4) is 0 Å². The third-order valence-electron chi connectivity index (χ3n) is 4.16. The molecular formula is C20H29Cl2N3O. The van der Waals surface area contributed by atoms with Gasteiger partial charge in [0.2, 0.25) is 5.91 Å². The number of carbonyl (C=O) groups excluding carboxylic acids is 1. The first-order valence-corrected chi connectivity index (χ1v) is 8.52. The van der Waals surface area contributed by atoms with Crippen molar-refractivity contribution >= 4 is 36.4 Å². The van der Waals surface area contributed by atoms with Crippen LogP contribution >= 0.6 is 24.8 Å². The molecule has 0 aliphatic heterocycles. The maximum absolute atomic E-state index is 12.0. The van der Waals surface area contributed by atoms with Gasteiger partial charge in [0.05, 0.1) is 6.42 Å². The number of halogens is 2. The number of hydrogen-bond donors (Lipinski definition) is 2. The van der Waals surface area contributed by atoms with Gasteiger partial charge in [-0.3, -0.25) is 9.69 Å². The predicted molar refractivity (Wildman–Crippen MR) is 114 cm³/mol. The quantitative estimate of drug-likeness (QED) is 0.665. The predicted octanol–water partition coefficient (Wildman–Crippen LogP) is 3.81. The molecule has 6 heteroatoms. The van der Waals surface area contributed by atoms with Gasteiger partial charge in [0.1, 0.15) is 0 Å². The molecule has 2 rings (SSSR count). The van der Waals surface area contributed by atoms with Crippen LogP contribution in [0.4, 0.5) is 5.69 Å². The van der Waals surface area contributed by atoms with Crippen molar-refractivity contribution in [2.75, 3.05) is 18.8 Å². The van der Waals surface area contributed by atoms with Crippen molar-refractivity contribution in [1.82, 2.24) is 10.2 Å². The summed E-state index contributed by atoms with van der Waals surface area (Å²) in [5.41, 5.74) is 9.75. The minimum absolute atomic E-state index is 0. The zero-order chi connectivity index (χ0) is 17.4. The van der Waals surface area contributed by atoms with E-state index in [1.165, 1.54) is 5.56 Å². The third-order valence-corrected chi connectivity index (χ3v) is 4.16. The van der Waals surface area contributed by atoms with Gasteiger partial charge in [0.15, 0.2) is 0 Å². The fourth-order valence-electron chi connectivity index (χ4n) is 2.55. The van der Waals surface area contributed by atoms with Gasteiger partial charge in [-0.2, -0.15) is 0 Å². The van der Waals surface area contributed by atoms with E-state index in [9.17, 15) is 4.79 Å². The van der Waals surface area contributed by atoms with Crippen LogP contribution in [0.3, 0.4) is 0 Å². The summed E-state index contributed by atoms with van der Waals surface area (Å²) < 4.78 is 0. The first kappa shape index (κ1) is 24.2. The van der Waals surface area contributed by atoms with Gasteiger partial charge in [-0.05, 0) is 41.9 Å². The molecule has 0 aromatic heterocycles. The highest BCUT2D eigenvalue weighted by atomic mass is 35.5. The topological polar surface area (TPSA) is 58.4 Å². The van der Waals surface area contributed by atoms with E-state index in [0.717, 1.165) is 30.8 Å². The summed E-state index contributed by atoms with van der Waals surface area (Å²) in [5.74, 6) is 0.0204. The molecule has 144 valence electrons. The number of amides is 1. The van der Waals surface area contributed by atoms with Gasteiger partial charge in [-0.15, -0.1) is 24.8 Å². The normalized spacial score (nSPS) is 9.96. The first-order chi connectivity index (χ1) is 11.6. The highest BCUT2D eigenvalue weighted by Crippen LogP contribution is 2.09. The average Bonchev–Trinajstić information content (AvgIpc) is 2.61. The molecular weight excluding hydrogens is 369 g/mol. The Balaban J connectivity index is 0.00000312. The number of rotatable bonds is 8. The van der Waals surface area contributed by atoms with Crippen LogP contribution in [0, 0.1) is 0 Å². The minimum atomic E-state index is 0. The first-order valence-electron chi connectivity index (χ1n) is 8.52. The Morgan fingerprint density at radius 3 is 1.92 bits per heavy atom. The maximum Gasteiger partial charge on any atom is 0.224 e. The molecule has 0 unspecified atom stereocenters. The molecule has 0 spiro atoms. The lowest BCUT2D eigenvalue weighted by atomic mass is 10.1. The van der Waals surface area contributed by atoms with E-state index in [2.05, 4.69) is 48.3 Å². The van der Waals surface area contributed by atoms with Crippen molar-refractivity contribution in [3.63, 3.8) is 0 Å². The Labute approximate surface area is 169 Å². The largest absolute Gasteiger partial charge is 0.399 e. The van der Waals surface area contributed by atoms with E-state index in [4.69, 9.17) is 5.73 Å². The fraction of sp³-hybridized carbons (Fsp3) is 0.350. The van der Waals surface area contributed by atoms with Crippen molar-refractivity contribution in [2.24, 2.45) is 0 Å². The monoisotopic (exact) mass is 397 g/mol. The van der Waals surface area contributed by atoms with E-state index in [0.29, 0.717) is 18.7 Å². The second kappa shape index (κ2) is 12.6. The summed E-state index contributed by atoms with van der Waals surface area (Å²) in [6, 6.07) is 15.9. The van der Waals surface area contributed by atoms with Crippen LogP contribution in [0.2, 0.25) is 0 Å². The summed E-state index contributed by atoms with van der Waals surface area (Å²) in [4.78, 5) is 14.4. The SMILES string of the molecule is CCN(CC)Cc1ccc(CNC(=O)Cc2ccc(N)cc2)cc1.Cl.Cl. The lowest BCUT2D eigenvalue weighted by Crippen LogP contribution is -2.24. The highest BCUT2D eigenvalue weighted by Gasteiger charge is 2.04. The van der Waals surface area contributed by atoms with Crippen molar-refractivity contribution < 1.29 is 4.79 Å². The van der Waals surface area contributed by atoms with Crippen LogP contribution in [-0.2, 0) is 24.3 Å². The Morgan fingerprint density at radius 2 is 1.38 bits per heavy atom. The van der Waals surface area contributed by atoms with Gasteiger partial charge < -0.3 is 11.1 Å². The third kappa shape index (κ3) is 8.09. The van der Waals surface area contributed by atoms with Gasteiger partial charge >= 0.3 is 0 Å². The van der Waals surface area contributed by atoms with Gasteiger partial charge in [-0.1, -0.05) is 50.2 Å². The minimum Gasteiger partial charge on any atom is -0.399 e. The number of nitrogens with zero attached hydrogens (tertiary/aromatic N) is 1. The molecule has 0 heterocycles. The summed E-state index contributed by atoms with van der Waals surface area (Å²) in [7, 11) is 0. The van der Waals surface area contributed by atoms with Crippen LogP contribution < -0.4 is 11.1 Å². The molecule has 0 saturated heterocycles. The molecule has 4 nitrogen and oxygen atoms in total. The zero-order valence-corrected chi connectivity index (χ0v) is 17.0. The molecule has 0 atom stereocenters. The smallest absolute Gasteiger partial charge is 0.224 e. The van der Waals surface area contributed by atoms with Crippen molar-refractivity contribution in [3.05, 3.63) is 65.2 Å². The van der Waals surface area contributed by atoms with E-state index in [1.807, 2.05) is 24.3 Å². The molecule has 0 bridgehead atoms. The van der Waals surface area contributed by atoms with Gasteiger partial charge in [-0.25, -0.2) is 0 Å².